The summed E-state index contributed by atoms with van der Waals surface area (Å²) in [5.41, 5.74) is 2.89. The Morgan fingerprint density at radius 2 is 1.55 bits per heavy atom. The van der Waals surface area contributed by atoms with Crippen LogP contribution in [0.15, 0.2) is 47.4 Å². The van der Waals surface area contributed by atoms with E-state index in [-0.39, 0.29) is 23.8 Å². The second-order valence-electron chi connectivity index (χ2n) is 7.89. The Bertz CT molecular complexity index is 1170. The number of hydrogen-bond acceptors (Lipinski definition) is 5. The van der Waals surface area contributed by atoms with Crippen molar-refractivity contribution in [3.63, 3.8) is 0 Å². The summed E-state index contributed by atoms with van der Waals surface area (Å²) < 4.78 is 52.5. The first kappa shape index (κ1) is 26.8. The summed E-state index contributed by atoms with van der Waals surface area (Å²) in [7, 11) is -7.06. The standard InChI is InChI=1S/C23H33N3O5S2/c1-6-25(7-2)33(30,31)21-14-12-20(13-15-21)24-23(27)9-8-16-26(32(5,28)29)22-17-18(3)10-11-19(22)4/h10-15,17H,6-9,16H2,1-5H3,(H,24,27). The minimum Gasteiger partial charge on any atom is -0.326 e. The molecule has 0 radical (unpaired) electrons. The lowest BCUT2D eigenvalue weighted by molar-refractivity contribution is -0.116. The molecule has 0 atom stereocenters. The van der Waals surface area contributed by atoms with Gasteiger partial charge in [0.05, 0.1) is 16.8 Å². The monoisotopic (exact) mass is 495 g/mol. The van der Waals surface area contributed by atoms with E-state index in [0.29, 0.717) is 30.9 Å². The van der Waals surface area contributed by atoms with Gasteiger partial charge in [0, 0.05) is 31.7 Å². The van der Waals surface area contributed by atoms with Crippen LogP contribution in [0.3, 0.4) is 0 Å². The zero-order chi connectivity index (χ0) is 24.8. The third kappa shape index (κ3) is 7.02. The van der Waals surface area contributed by atoms with Crippen LogP contribution in [0.25, 0.3) is 0 Å². The largest absolute Gasteiger partial charge is 0.326 e. The van der Waals surface area contributed by atoms with E-state index in [9.17, 15) is 21.6 Å². The molecule has 0 aliphatic rings. The average molecular weight is 496 g/mol. The van der Waals surface area contributed by atoms with Gasteiger partial charge >= 0.3 is 0 Å². The number of nitrogens with zero attached hydrogens (tertiary/aromatic N) is 2. The molecule has 0 saturated heterocycles. The van der Waals surface area contributed by atoms with Crippen molar-refractivity contribution in [3.8, 4) is 0 Å². The Hall–Kier alpha value is -2.43. The summed E-state index contributed by atoms with van der Waals surface area (Å²) in [6.07, 6.45) is 1.61. The Morgan fingerprint density at radius 1 is 0.939 bits per heavy atom. The first-order valence-electron chi connectivity index (χ1n) is 10.8. The molecule has 0 fully saturated rings. The van der Waals surface area contributed by atoms with Gasteiger partial charge in [0.25, 0.3) is 0 Å². The highest BCUT2D eigenvalue weighted by atomic mass is 32.2. The normalized spacial score (nSPS) is 12.1. The SMILES string of the molecule is CCN(CC)S(=O)(=O)c1ccc(NC(=O)CCCN(c2cc(C)ccc2C)S(C)(=O)=O)cc1. The predicted molar refractivity (Wildman–Crippen MR) is 133 cm³/mol. The Balaban J connectivity index is 2.01. The lowest BCUT2D eigenvalue weighted by Crippen LogP contribution is -2.32. The van der Waals surface area contributed by atoms with Crippen LogP contribution in [0.1, 0.15) is 37.8 Å². The Morgan fingerprint density at radius 3 is 2.09 bits per heavy atom. The summed E-state index contributed by atoms with van der Waals surface area (Å²) in [6.45, 7) is 8.24. The van der Waals surface area contributed by atoms with E-state index in [1.54, 1.807) is 26.0 Å². The molecule has 10 heteroatoms. The second-order valence-corrected chi connectivity index (χ2v) is 11.7. The van der Waals surface area contributed by atoms with E-state index in [2.05, 4.69) is 5.32 Å². The third-order valence-electron chi connectivity index (χ3n) is 5.28. The average Bonchev–Trinajstić information content (AvgIpc) is 2.73. The Kier molecular flexibility index (Phi) is 9.04. The van der Waals surface area contributed by atoms with Crippen LogP contribution < -0.4 is 9.62 Å². The van der Waals surface area contributed by atoms with Gasteiger partial charge in [-0.15, -0.1) is 0 Å². The molecule has 0 bridgehead atoms. The number of carbonyl (C=O) groups excluding carboxylic acids is 1. The van der Waals surface area contributed by atoms with E-state index in [0.717, 1.165) is 17.4 Å². The molecular weight excluding hydrogens is 462 g/mol. The molecule has 33 heavy (non-hydrogen) atoms. The lowest BCUT2D eigenvalue weighted by atomic mass is 10.1. The quantitative estimate of drug-likeness (QED) is 0.514. The number of benzene rings is 2. The van der Waals surface area contributed by atoms with Gasteiger partial charge in [0.15, 0.2) is 0 Å². The summed E-state index contributed by atoms with van der Waals surface area (Å²) in [6, 6.07) is 11.7. The highest BCUT2D eigenvalue weighted by Crippen LogP contribution is 2.24. The summed E-state index contributed by atoms with van der Waals surface area (Å²) in [5, 5.41) is 2.74. The van der Waals surface area contributed by atoms with E-state index >= 15 is 0 Å². The zero-order valence-corrected chi connectivity index (χ0v) is 21.5. The summed E-state index contributed by atoms with van der Waals surface area (Å²) in [4.78, 5) is 12.5. The van der Waals surface area contributed by atoms with Crippen molar-refractivity contribution in [2.45, 2.75) is 45.4 Å². The first-order chi connectivity index (χ1) is 15.4. The molecule has 2 aromatic carbocycles. The number of aryl methyl sites for hydroxylation is 2. The minimum atomic E-state index is -3.56. The van der Waals surface area contributed by atoms with Gasteiger partial charge in [0.2, 0.25) is 26.0 Å². The number of carbonyl (C=O) groups is 1. The van der Waals surface area contributed by atoms with E-state index in [1.165, 1.54) is 20.7 Å². The van der Waals surface area contributed by atoms with E-state index in [1.807, 2.05) is 32.0 Å². The van der Waals surface area contributed by atoms with Crippen molar-refractivity contribution in [3.05, 3.63) is 53.6 Å². The van der Waals surface area contributed by atoms with E-state index in [4.69, 9.17) is 0 Å². The number of nitrogens with one attached hydrogen (secondary N) is 1. The molecule has 2 aromatic rings. The lowest BCUT2D eigenvalue weighted by Gasteiger charge is -2.24. The van der Waals surface area contributed by atoms with Crippen LogP contribution in [-0.4, -0.2) is 52.9 Å². The molecule has 8 nitrogen and oxygen atoms in total. The molecule has 2 rings (SSSR count). The smallest absolute Gasteiger partial charge is 0.243 e. The zero-order valence-electron chi connectivity index (χ0n) is 19.8. The fourth-order valence-electron chi connectivity index (χ4n) is 3.48. The molecule has 0 spiro atoms. The van der Waals surface area contributed by atoms with Crippen molar-refractivity contribution < 1.29 is 21.6 Å². The molecule has 0 saturated carbocycles. The van der Waals surface area contributed by atoms with Gasteiger partial charge in [-0.05, 0) is 61.7 Å². The summed E-state index contributed by atoms with van der Waals surface area (Å²) in [5.74, 6) is -0.274. The van der Waals surface area contributed by atoms with Crippen LogP contribution in [-0.2, 0) is 24.8 Å². The highest BCUT2D eigenvalue weighted by Gasteiger charge is 2.22. The van der Waals surface area contributed by atoms with Crippen molar-refractivity contribution in [1.82, 2.24) is 4.31 Å². The van der Waals surface area contributed by atoms with Crippen molar-refractivity contribution in [1.29, 1.82) is 0 Å². The van der Waals surface area contributed by atoms with Gasteiger partial charge in [0.1, 0.15) is 0 Å². The van der Waals surface area contributed by atoms with Crippen molar-refractivity contribution in [2.75, 3.05) is 35.5 Å². The van der Waals surface area contributed by atoms with Crippen LogP contribution in [0.4, 0.5) is 11.4 Å². The van der Waals surface area contributed by atoms with Crippen LogP contribution >= 0.6 is 0 Å². The second kappa shape index (κ2) is 11.1. The Labute approximate surface area is 197 Å². The number of amides is 1. The maximum atomic E-state index is 12.6. The van der Waals surface area contributed by atoms with Crippen molar-refractivity contribution in [2.24, 2.45) is 0 Å². The van der Waals surface area contributed by atoms with Crippen LogP contribution in [0, 0.1) is 13.8 Å². The minimum absolute atomic E-state index is 0.121. The molecule has 1 amide bonds. The van der Waals surface area contributed by atoms with Gasteiger partial charge in [-0.1, -0.05) is 26.0 Å². The number of rotatable bonds is 11. The van der Waals surface area contributed by atoms with Crippen LogP contribution in [0.2, 0.25) is 0 Å². The molecule has 182 valence electrons. The molecule has 0 unspecified atom stereocenters. The molecular formula is C23H33N3O5S2. The molecule has 0 heterocycles. The number of hydrogen-bond donors (Lipinski definition) is 1. The number of anilines is 2. The van der Waals surface area contributed by atoms with Gasteiger partial charge in [-0.25, -0.2) is 16.8 Å². The van der Waals surface area contributed by atoms with Gasteiger partial charge in [-0.3, -0.25) is 9.10 Å². The van der Waals surface area contributed by atoms with Crippen molar-refractivity contribution >= 4 is 37.3 Å². The van der Waals surface area contributed by atoms with Crippen LogP contribution in [0.5, 0.6) is 0 Å². The molecule has 0 aliphatic heterocycles. The topological polar surface area (TPSA) is 104 Å². The fourth-order valence-corrected chi connectivity index (χ4v) is 5.96. The molecule has 1 N–H and O–H groups in total. The molecule has 0 aromatic heterocycles. The van der Waals surface area contributed by atoms with Gasteiger partial charge in [-0.2, -0.15) is 4.31 Å². The predicted octanol–water partition coefficient (Wildman–Crippen LogP) is 3.52. The number of sulfonamides is 2. The van der Waals surface area contributed by atoms with E-state index < -0.39 is 20.0 Å². The summed E-state index contributed by atoms with van der Waals surface area (Å²) >= 11 is 0. The first-order valence-corrected chi connectivity index (χ1v) is 14.1. The third-order valence-corrected chi connectivity index (χ3v) is 8.52. The maximum absolute atomic E-state index is 12.6. The maximum Gasteiger partial charge on any atom is 0.243 e. The highest BCUT2D eigenvalue weighted by molar-refractivity contribution is 7.92. The molecule has 0 aliphatic carbocycles. The fraction of sp³-hybridized carbons (Fsp3) is 0.435. The van der Waals surface area contributed by atoms with Gasteiger partial charge < -0.3 is 5.32 Å².